The van der Waals surface area contributed by atoms with Gasteiger partial charge in [-0.1, -0.05) is 0 Å². The summed E-state index contributed by atoms with van der Waals surface area (Å²) >= 11 is 0. The molecule has 0 saturated carbocycles. The van der Waals surface area contributed by atoms with Gasteiger partial charge in [-0.15, -0.1) is 0 Å². The fraction of sp³-hybridized carbons (Fsp3) is 0.455. The van der Waals surface area contributed by atoms with Crippen LogP contribution in [0.4, 0.5) is 15.8 Å². The average molecular weight is 276 g/mol. The number of anilines is 2. The Hall–Kier alpha value is -1.10. The first-order valence-corrected chi connectivity index (χ1v) is 7.40. The maximum Gasteiger partial charge on any atom is 0.349 e. The lowest BCUT2D eigenvalue weighted by Gasteiger charge is -2.18. The summed E-state index contributed by atoms with van der Waals surface area (Å²) in [5.41, 5.74) is 6.41. The van der Waals surface area contributed by atoms with Crippen molar-refractivity contribution in [3.8, 4) is 0 Å². The summed E-state index contributed by atoms with van der Waals surface area (Å²) in [5.74, 6) is -0.422. The molecule has 7 heteroatoms. The molecule has 0 fully saturated rings. The van der Waals surface area contributed by atoms with Crippen LogP contribution in [-0.4, -0.2) is 19.5 Å². The Morgan fingerprint density at radius 1 is 1.33 bits per heavy atom. The molecule has 0 saturated heterocycles. The van der Waals surface area contributed by atoms with Gasteiger partial charge in [0, 0.05) is 0 Å². The second-order valence-corrected chi connectivity index (χ2v) is 5.57. The second kappa shape index (κ2) is 6.73. The highest BCUT2D eigenvalue weighted by molar-refractivity contribution is 7.53. The first-order valence-electron chi connectivity index (χ1n) is 5.67. The van der Waals surface area contributed by atoms with Crippen LogP contribution < -0.4 is 11.1 Å². The number of nitrogens with one attached hydrogen (secondary N) is 1. The number of benzene rings is 1. The molecule has 0 aliphatic heterocycles. The molecule has 102 valence electrons. The summed E-state index contributed by atoms with van der Waals surface area (Å²) < 4.78 is 35.4. The predicted molar refractivity (Wildman–Crippen MR) is 70.2 cm³/mol. The van der Waals surface area contributed by atoms with E-state index in [0.717, 1.165) is 0 Å². The van der Waals surface area contributed by atoms with E-state index in [1.807, 2.05) is 0 Å². The first kappa shape index (κ1) is 15.0. The Morgan fingerprint density at radius 3 is 2.50 bits per heavy atom. The number of halogens is 1. The summed E-state index contributed by atoms with van der Waals surface area (Å²) in [6.45, 7) is 4.00. The van der Waals surface area contributed by atoms with E-state index in [0.29, 0.717) is 11.4 Å². The largest absolute Gasteiger partial charge is 0.397 e. The molecule has 0 radical (unpaired) electrons. The summed E-state index contributed by atoms with van der Waals surface area (Å²) in [4.78, 5) is 0. The lowest BCUT2D eigenvalue weighted by Crippen LogP contribution is -2.09. The molecule has 3 N–H and O–H groups in total. The number of hydrogen-bond donors (Lipinski definition) is 2. The van der Waals surface area contributed by atoms with Crippen LogP contribution >= 0.6 is 7.60 Å². The third kappa shape index (κ3) is 4.29. The van der Waals surface area contributed by atoms with Gasteiger partial charge < -0.3 is 20.1 Å². The summed E-state index contributed by atoms with van der Waals surface area (Å²) in [5, 5.41) is 2.79. The SMILES string of the molecule is CCOP(=O)(CNc1cc(F)ccc1N)OCC. The van der Waals surface area contributed by atoms with Crippen LogP contribution in [0.1, 0.15) is 13.8 Å². The molecule has 0 unspecified atom stereocenters. The van der Waals surface area contributed by atoms with E-state index in [2.05, 4.69) is 5.32 Å². The van der Waals surface area contributed by atoms with Crippen molar-refractivity contribution in [2.45, 2.75) is 13.8 Å². The van der Waals surface area contributed by atoms with Gasteiger partial charge in [-0.2, -0.15) is 0 Å². The highest BCUT2D eigenvalue weighted by Gasteiger charge is 2.23. The van der Waals surface area contributed by atoms with Gasteiger partial charge in [-0.3, -0.25) is 4.57 Å². The van der Waals surface area contributed by atoms with Gasteiger partial charge in [0.15, 0.2) is 0 Å². The lowest BCUT2D eigenvalue weighted by atomic mass is 10.2. The molecule has 0 aliphatic carbocycles. The average Bonchev–Trinajstić information content (AvgIpc) is 2.31. The highest BCUT2D eigenvalue weighted by atomic mass is 31.2. The fourth-order valence-electron chi connectivity index (χ4n) is 1.39. The third-order valence-electron chi connectivity index (χ3n) is 2.13. The van der Waals surface area contributed by atoms with Crippen molar-refractivity contribution in [2.75, 3.05) is 30.6 Å². The number of nitrogens with two attached hydrogens (primary N) is 1. The van der Waals surface area contributed by atoms with Gasteiger partial charge in [0.25, 0.3) is 0 Å². The number of rotatable bonds is 7. The predicted octanol–water partition coefficient (Wildman–Crippen LogP) is 3.04. The van der Waals surface area contributed by atoms with Crippen LogP contribution in [0.25, 0.3) is 0 Å². The second-order valence-electron chi connectivity index (χ2n) is 3.51. The summed E-state index contributed by atoms with van der Waals surface area (Å²) in [7, 11) is -3.21. The maximum atomic E-state index is 13.0. The normalized spacial score (nSPS) is 11.5. The van der Waals surface area contributed by atoms with Gasteiger partial charge >= 0.3 is 7.60 Å². The van der Waals surface area contributed by atoms with Crippen LogP contribution in [0.5, 0.6) is 0 Å². The Bertz CT molecular complexity index is 432. The molecule has 0 amide bonds. The van der Waals surface area contributed by atoms with E-state index in [1.54, 1.807) is 13.8 Å². The maximum absolute atomic E-state index is 13.0. The molecule has 0 aliphatic rings. The van der Waals surface area contributed by atoms with Crippen molar-refractivity contribution in [1.29, 1.82) is 0 Å². The van der Waals surface area contributed by atoms with Gasteiger partial charge in [0.05, 0.1) is 24.6 Å². The summed E-state index contributed by atoms with van der Waals surface area (Å²) in [6.07, 6.45) is -0.0532. The zero-order valence-corrected chi connectivity index (χ0v) is 11.4. The monoisotopic (exact) mass is 276 g/mol. The van der Waals surface area contributed by atoms with E-state index in [1.165, 1.54) is 18.2 Å². The molecule has 1 rings (SSSR count). The topological polar surface area (TPSA) is 73.6 Å². The molecule has 0 atom stereocenters. The van der Waals surface area contributed by atoms with Crippen molar-refractivity contribution in [3.63, 3.8) is 0 Å². The van der Waals surface area contributed by atoms with Crippen LogP contribution in [0.3, 0.4) is 0 Å². The van der Waals surface area contributed by atoms with Crippen molar-refractivity contribution < 1.29 is 18.0 Å². The lowest BCUT2D eigenvalue weighted by molar-refractivity contribution is 0.221. The van der Waals surface area contributed by atoms with Gasteiger partial charge in [-0.05, 0) is 32.0 Å². The molecule has 1 aromatic carbocycles. The van der Waals surface area contributed by atoms with Crippen LogP contribution in [0.2, 0.25) is 0 Å². The quantitative estimate of drug-likeness (QED) is 0.591. The third-order valence-corrected chi connectivity index (χ3v) is 3.98. The van der Waals surface area contributed by atoms with Gasteiger partial charge in [0.1, 0.15) is 12.1 Å². The Kier molecular flexibility index (Phi) is 5.59. The minimum Gasteiger partial charge on any atom is -0.397 e. The van der Waals surface area contributed by atoms with Crippen LogP contribution in [0, 0.1) is 5.82 Å². The van der Waals surface area contributed by atoms with Crippen molar-refractivity contribution in [2.24, 2.45) is 0 Å². The van der Waals surface area contributed by atoms with E-state index in [9.17, 15) is 8.96 Å². The molecular formula is C11H18FN2O3P. The van der Waals surface area contributed by atoms with E-state index in [4.69, 9.17) is 14.8 Å². The summed E-state index contributed by atoms with van der Waals surface area (Å²) in [6, 6.07) is 3.92. The molecular weight excluding hydrogens is 258 g/mol. The van der Waals surface area contributed by atoms with Gasteiger partial charge in [-0.25, -0.2) is 4.39 Å². The Labute approximate surface area is 106 Å². The standard InChI is InChI=1S/C11H18FN2O3P/c1-3-16-18(15,17-4-2)8-14-11-7-9(12)5-6-10(11)13/h5-7,14H,3-4,8,13H2,1-2H3. The molecule has 1 aromatic rings. The Morgan fingerprint density at radius 2 is 1.94 bits per heavy atom. The minimum absolute atomic E-state index is 0.0532. The van der Waals surface area contributed by atoms with Crippen molar-refractivity contribution in [3.05, 3.63) is 24.0 Å². The van der Waals surface area contributed by atoms with E-state index in [-0.39, 0.29) is 19.5 Å². The zero-order chi connectivity index (χ0) is 13.6. The Balaban J connectivity index is 2.72. The highest BCUT2D eigenvalue weighted by Crippen LogP contribution is 2.47. The van der Waals surface area contributed by atoms with Crippen LogP contribution in [0.15, 0.2) is 18.2 Å². The molecule has 0 bridgehead atoms. The van der Waals surface area contributed by atoms with Crippen molar-refractivity contribution in [1.82, 2.24) is 0 Å². The van der Waals surface area contributed by atoms with Crippen LogP contribution in [-0.2, 0) is 13.6 Å². The van der Waals surface area contributed by atoms with Crippen molar-refractivity contribution >= 4 is 19.0 Å². The van der Waals surface area contributed by atoms with E-state index >= 15 is 0 Å². The molecule has 0 heterocycles. The first-order chi connectivity index (χ1) is 8.50. The minimum atomic E-state index is -3.21. The number of hydrogen-bond acceptors (Lipinski definition) is 5. The molecule has 0 aromatic heterocycles. The smallest absolute Gasteiger partial charge is 0.349 e. The van der Waals surface area contributed by atoms with Gasteiger partial charge in [0.2, 0.25) is 0 Å². The molecule has 18 heavy (non-hydrogen) atoms. The molecule has 0 spiro atoms. The zero-order valence-electron chi connectivity index (χ0n) is 10.5. The molecule has 5 nitrogen and oxygen atoms in total. The van der Waals surface area contributed by atoms with E-state index < -0.39 is 13.4 Å². The number of nitrogen functional groups attached to an aromatic ring is 1. The fourth-order valence-corrected chi connectivity index (χ4v) is 2.79.